The van der Waals surface area contributed by atoms with Crippen LogP contribution in [-0.4, -0.2) is 10.1 Å². The van der Waals surface area contributed by atoms with Crippen LogP contribution in [0.2, 0.25) is 0 Å². The first-order chi connectivity index (χ1) is 10.3. The standard InChI is InChI=1S/C17H17N3O/c18-15-7-8-16(14-2-1-9-19-17(14)15)20-10-12-3-5-13(11-21)6-4-12/h1-9,20-21H,10-11,18H2. The van der Waals surface area contributed by atoms with E-state index in [2.05, 4.69) is 10.3 Å². The number of nitrogen functional groups attached to an aromatic ring is 1. The van der Waals surface area contributed by atoms with E-state index in [1.165, 1.54) is 0 Å². The normalized spacial score (nSPS) is 10.7. The summed E-state index contributed by atoms with van der Waals surface area (Å²) in [5.74, 6) is 0. The van der Waals surface area contributed by atoms with Gasteiger partial charge in [0.25, 0.3) is 0 Å². The molecule has 0 fully saturated rings. The van der Waals surface area contributed by atoms with E-state index in [9.17, 15) is 0 Å². The van der Waals surface area contributed by atoms with Gasteiger partial charge in [0.15, 0.2) is 0 Å². The fourth-order valence-corrected chi connectivity index (χ4v) is 2.31. The molecule has 0 aliphatic heterocycles. The smallest absolute Gasteiger partial charge is 0.0951 e. The third kappa shape index (κ3) is 2.80. The predicted octanol–water partition coefficient (Wildman–Crippen LogP) is 2.92. The largest absolute Gasteiger partial charge is 0.397 e. The molecule has 1 aromatic heterocycles. The maximum absolute atomic E-state index is 9.05. The average molecular weight is 279 g/mol. The van der Waals surface area contributed by atoms with Gasteiger partial charge in [-0.25, -0.2) is 0 Å². The van der Waals surface area contributed by atoms with Gasteiger partial charge >= 0.3 is 0 Å². The number of aliphatic hydroxyl groups is 1. The molecule has 4 N–H and O–H groups in total. The highest BCUT2D eigenvalue weighted by Crippen LogP contribution is 2.26. The number of anilines is 2. The lowest BCUT2D eigenvalue weighted by atomic mass is 10.1. The monoisotopic (exact) mass is 279 g/mol. The zero-order valence-corrected chi connectivity index (χ0v) is 11.6. The molecule has 3 rings (SSSR count). The first-order valence-electron chi connectivity index (χ1n) is 6.83. The maximum atomic E-state index is 9.05. The van der Waals surface area contributed by atoms with E-state index in [0.29, 0.717) is 12.2 Å². The van der Waals surface area contributed by atoms with Gasteiger partial charge in [-0.3, -0.25) is 4.98 Å². The Morgan fingerprint density at radius 3 is 2.52 bits per heavy atom. The predicted molar refractivity (Wildman–Crippen MR) is 85.8 cm³/mol. The highest BCUT2D eigenvalue weighted by Gasteiger charge is 2.04. The van der Waals surface area contributed by atoms with Crippen LogP contribution in [0.3, 0.4) is 0 Å². The summed E-state index contributed by atoms with van der Waals surface area (Å²) in [6, 6.07) is 15.6. The van der Waals surface area contributed by atoms with Crippen molar-refractivity contribution in [2.75, 3.05) is 11.1 Å². The van der Waals surface area contributed by atoms with Gasteiger partial charge in [-0.1, -0.05) is 24.3 Å². The zero-order valence-electron chi connectivity index (χ0n) is 11.6. The van der Waals surface area contributed by atoms with Crippen LogP contribution in [-0.2, 0) is 13.2 Å². The first-order valence-corrected chi connectivity index (χ1v) is 6.83. The lowest BCUT2D eigenvalue weighted by Crippen LogP contribution is -2.01. The first kappa shape index (κ1) is 13.4. The van der Waals surface area contributed by atoms with Gasteiger partial charge in [0.05, 0.1) is 17.8 Å². The molecule has 0 unspecified atom stereocenters. The molecule has 0 amide bonds. The SMILES string of the molecule is Nc1ccc(NCc2ccc(CO)cc2)c2cccnc12. The van der Waals surface area contributed by atoms with Crippen molar-refractivity contribution >= 4 is 22.3 Å². The Morgan fingerprint density at radius 1 is 1.00 bits per heavy atom. The van der Waals surface area contributed by atoms with Gasteiger partial charge in [0.2, 0.25) is 0 Å². The molecule has 0 bridgehead atoms. The Kier molecular flexibility index (Phi) is 3.71. The number of benzene rings is 2. The molecule has 106 valence electrons. The minimum absolute atomic E-state index is 0.0714. The second kappa shape index (κ2) is 5.81. The summed E-state index contributed by atoms with van der Waals surface area (Å²) in [6.45, 7) is 0.779. The van der Waals surface area contributed by atoms with Gasteiger partial charge in [-0.2, -0.15) is 0 Å². The molecule has 1 heterocycles. The number of hydrogen-bond donors (Lipinski definition) is 3. The second-order valence-corrected chi connectivity index (χ2v) is 4.93. The van der Waals surface area contributed by atoms with Crippen LogP contribution in [0.5, 0.6) is 0 Å². The molecular weight excluding hydrogens is 262 g/mol. The minimum atomic E-state index is 0.0714. The lowest BCUT2D eigenvalue weighted by molar-refractivity contribution is 0.282. The van der Waals surface area contributed by atoms with E-state index >= 15 is 0 Å². The van der Waals surface area contributed by atoms with E-state index < -0.39 is 0 Å². The fraction of sp³-hybridized carbons (Fsp3) is 0.118. The number of rotatable bonds is 4. The summed E-state index contributed by atoms with van der Waals surface area (Å²) in [5, 5.41) is 13.5. The molecule has 0 aliphatic rings. The van der Waals surface area contributed by atoms with Crippen LogP contribution in [0, 0.1) is 0 Å². The molecule has 0 saturated carbocycles. The minimum Gasteiger partial charge on any atom is -0.397 e. The van der Waals surface area contributed by atoms with Crippen LogP contribution >= 0.6 is 0 Å². The Bertz CT molecular complexity index is 754. The molecule has 0 radical (unpaired) electrons. The molecule has 0 saturated heterocycles. The third-order valence-electron chi connectivity index (χ3n) is 3.49. The lowest BCUT2D eigenvalue weighted by Gasteiger charge is -2.11. The summed E-state index contributed by atoms with van der Waals surface area (Å²) in [4.78, 5) is 4.33. The van der Waals surface area contributed by atoms with Gasteiger partial charge in [-0.05, 0) is 35.4 Å². The van der Waals surface area contributed by atoms with Crippen molar-refractivity contribution in [3.8, 4) is 0 Å². The van der Waals surface area contributed by atoms with Crippen molar-refractivity contribution in [3.63, 3.8) is 0 Å². The number of nitrogens with one attached hydrogen (secondary N) is 1. The van der Waals surface area contributed by atoms with Crippen molar-refractivity contribution in [1.82, 2.24) is 4.98 Å². The van der Waals surface area contributed by atoms with Crippen LogP contribution < -0.4 is 11.1 Å². The molecule has 0 atom stereocenters. The van der Waals surface area contributed by atoms with Crippen molar-refractivity contribution in [1.29, 1.82) is 0 Å². The highest BCUT2D eigenvalue weighted by atomic mass is 16.3. The summed E-state index contributed by atoms with van der Waals surface area (Å²) in [6.07, 6.45) is 1.75. The third-order valence-corrected chi connectivity index (χ3v) is 3.49. The van der Waals surface area contributed by atoms with Crippen molar-refractivity contribution in [3.05, 3.63) is 65.9 Å². The van der Waals surface area contributed by atoms with Crippen molar-refractivity contribution in [2.24, 2.45) is 0 Å². The van der Waals surface area contributed by atoms with Crippen LogP contribution in [0.25, 0.3) is 10.9 Å². The number of pyridine rings is 1. The summed E-state index contributed by atoms with van der Waals surface area (Å²) in [5.41, 5.74) is 10.5. The summed E-state index contributed by atoms with van der Waals surface area (Å²) < 4.78 is 0. The molecule has 2 aromatic carbocycles. The van der Waals surface area contributed by atoms with Gasteiger partial charge < -0.3 is 16.2 Å². The quantitative estimate of drug-likeness (QED) is 0.642. The van der Waals surface area contributed by atoms with Gasteiger partial charge in [-0.15, -0.1) is 0 Å². The molecule has 3 aromatic rings. The molecule has 4 heteroatoms. The van der Waals surface area contributed by atoms with E-state index in [1.807, 2.05) is 48.5 Å². The Hall–Kier alpha value is -2.59. The topological polar surface area (TPSA) is 71.2 Å². The number of aromatic nitrogens is 1. The molecule has 0 aliphatic carbocycles. The highest BCUT2D eigenvalue weighted by molar-refractivity contribution is 5.98. The molecule has 4 nitrogen and oxygen atoms in total. The molecule has 21 heavy (non-hydrogen) atoms. The molecule has 0 spiro atoms. The van der Waals surface area contributed by atoms with Gasteiger partial charge in [0.1, 0.15) is 0 Å². The number of aliphatic hydroxyl groups excluding tert-OH is 1. The zero-order chi connectivity index (χ0) is 14.7. The van der Waals surface area contributed by atoms with E-state index in [4.69, 9.17) is 10.8 Å². The van der Waals surface area contributed by atoms with Gasteiger partial charge in [0, 0.05) is 23.8 Å². The molecular formula is C17H17N3O. The van der Waals surface area contributed by atoms with E-state index in [1.54, 1.807) is 6.20 Å². The van der Waals surface area contributed by atoms with Crippen molar-refractivity contribution in [2.45, 2.75) is 13.2 Å². The second-order valence-electron chi connectivity index (χ2n) is 4.93. The Morgan fingerprint density at radius 2 is 1.76 bits per heavy atom. The Balaban J connectivity index is 1.83. The van der Waals surface area contributed by atoms with E-state index in [-0.39, 0.29) is 6.61 Å². The average Bonchev–Trinajstić information content (AvgIpc) is 2.55. The Labute approximate surface area is 123 Å². The fourth-order valence-electron chi connectivity index (χ4n) is 2.31. The van der Waals surface area contributed by atoms with Crippen LogP contribution in [0.1, 0.15) is 11.1 Å². The number of nitrogens with zero attached hydrogens (tertiary/aromatic N) is 1. The summed E-state index contributed by atoms with van der Waals surface area (Å²) >= 11 is 0. The number of fused-ring (bicyclic) bond motifs is 1. The maximum Gasteiger partial charge on any atom is 0.0951 e. The van der Waals surface area contributed by atoms with E-state index in [0.717, 1.165) is 27.7 Å². The van der Waals surface area contributed by atoms with Crippen LogP contribution in [0.15, 0.2) is 54.7 Å². The number of nitrogens with two attached hydrogens (primary N) is 1. The van der Waals surface area contributed by atoms with Crippen molar-refractivity contribution < 1.29 is 5.11 Å². The number of hydrogen-bond acceptors (Lipinski definition) is 4. The summed E-state index contributed by atoms with van der Waals surface area (Å²) in [7, 11) is 0. The van der Waals surface area contributed by atoms with Crippen LogP contribution in [0.4, 0.5) is 11.4 Å².